The number of hydrogen-bond donors (Lipinski definition) is 2. The highest BCUT2D eigenvalue weighted by Gasteiger charge is 2.28. The Morgan fingerprint density at radius 3 is 2.78 bits per heavy atom. The summed E-state index contributed by atoms with van der Waals surface area (Å²) < 4.78 is 7.05. The lowest BCUT2D eigenvalue weighted by Crippen LogP contribution is -2.28. The number of nitrogens with one attached hydrogen (secondary N) is 2. The summed E-state index contributed by atoms with van der Waals surface area (Å²) in [6.07, 6.45) is 2.23. The standard InChI is InChI=1S/C19H20N6O2/c1-27-17-4-2-3-13(11-17)12-20-19(26)21-15-7-5-14(6-8-15)18-22-23-24-25(18)16-9-10-16/h2-8,11,16H,9-10,12H2,1H3,(H2,20,21,26). The molecule has 0 atom stereocenters. The number of aromatic nitrogens is 4. The van der Waals surface area contributed by atoms with Gasteiger partial charge in [0.05, 0.1) is 13.2 Å². The molecule has 8 heteroatoms. The molecular formula is C19H20N6O2. The Morgan fingerprint density at radius 2 is 2.04 bits per heavy atom. The summed E-state index contributed by atoms with van der Waals surface area (Å²) in [4.78, 5) is 12.1. The molecule has 0 saturated heterocycles. The molecule has 3 aromatic rings. The fraction of sp³-hybridized carbons (Fsp3) is 0.263. The third-order valence-corrected chi connectivity index (χ3v) is 4.37. The van der Waals surface area contributed by atoms with Crippen LogP contribution in [-0.4, -0.2) is 33.3 Å². The monoisotopic (exact) mass is 364 g/mol. The number of carbonyl (C=O) groups is 1. The fourth-order valence-electron chi connectivity index (χ4n) is 2.79. The number of ether oxygens (including phenoxy) is 1. The van der Waals surface area contributed by atoms with E-state index in [-0.39, 0.29) is 6.03 Å². The van der Waals surface area contributed by atoms with Crippen molar-refractivity contribution in [2.24, 2.45) is 0 Å². The van der Waals surface area contributed by atoms with Crippen LogP contribution in [-0.2, 0) is 6.54 Å². The topological polar surface area (TPSA) is 94.0 Å². The second-order valence-electron chi connectivity index (χ2n) is 6.41. The van der Waals surface area contributed by atoms with Gasteiger partial charge in [-0.3, -0.25) is 0 Å². The SMILES string of the molecule is COc1cccc(CNC(=O)Nc2ccc(-c3nnnn3C3CC3)cc2)c1. The summed E-state index contributed by atoms with van der Waals surface area (Å²) in [6.45, 7) is 0.414. The Bertz CT molecular complexity index is 933. The Kier molecular flexibility index (Phi) is 4.69. The van der Waals surface area contributed by atoms with Crippen molar-refractivity contribution in [3.8, 4) is 17.1 Å². The Hall–Kier alpha value is -3.42. The van der Waals surface area contributed by atoms with Crippen LogP contribution >= 0.6 is 0 Å². The number of methoxy groups -OCH3 is 1. The average Bonchev–Trinajstić information content (AvgIpc) is 3.44. The van der Waals surface area contributed by atoms with Gasteiger partial charge >= 0.3 is 6.03 Å². The third kappa shape index (κ3) is 4.05. The first-order valence-electron chi connectivity index (χ1n) is 8.79. The second kappa shape index (κ2) is 7.45. The molecule has 0 bridgehead atoms. The van der Waals surface area contributed by atoms with Gasteiger partial charge in [-0.25, -0.2) is 9.48 Å². The molecule has 27 heavy (non-hydrogen) atoms. The van der Waals surface area contributed by atoms with Gasteiger partial charge in [-0.1, -0.05) is 12.1 Å². The van der Waals surface area contributed by atoms with Crippen LogP contribution in [0.5, 0.6) is 5.75 Å². The summed E-state index contributed by atoms with van der Waals surface area (Å²) in [5.41, 5.74) is 2.59. The first kappa shape index (κ1) is 17.0. The number of anilines is 1. The van der Waals surface area contributed by atoms with Crippen molar-refractivity contribution in [3.63, 3.8) is 0 Å². The molecule has 2 amide bonds. The van der Waals surface area contributed by atoms with Gasteiger partial charge in [-0.15, -0.1) is 5.10 Å². The summed E-state index contributed by atoms with van der Waals surface area (Å²) >= 11 is 0. The first-order chi connectivity index (χ1) is 13.2. The summed E-state index contributed by atoms with van der Waals surface area (Å²) in [5.74, 6) is 1.52. The van der Waals surface area contributed by atoms with E-state index in [4.69, 9.17) is 4.74 Å². The Morgan fingerprint density at radius 1 is 1.22 bits per heavy atom. The zero-order valence-corrected chi connectivity index (χ0v) is 14.9. The molecule has 0 aliphatic heterocycles. The minimum absolute atomic E-state index is 0.270. The maximum atomic E-state index is 12.1. The van der Waals surface area contributed by atoms with Crippen molar-refractivity contribution in [2.45, 2.75) is 25.4 Å². The maximum absolute atomic E-state index is 12.1. The average molecular weight is 364 g/mol. The van der Waals surface area contributed by atoms with Gasteiger partial charge in [0.1, 0.15) is 5.75 Å². The molecule has 0 unspecified atom stereocenters. The number of benzene rings is 2. The van der Waals surface area contributed by atoms with Crippen LogP contribution in [0.3, 0.4) is 0 Å². The van der Waals surface area contributed by atoms with Gasteiger partial charge in [-0.2, -0.15) is 0 Å². The van der Waals surface area contributed by atoms with Crippen LogP contribution in [0.4, 0.5) is 10.5 Å². The van der Waals surface area contributed by atoms with Crippen molar-refractivity contribution < 1.29 is 9.53 Å². The van der Waals surface area contributed by atoms with Crippen LogP contribution in [0, 0.1) is 0 Å². The van der Waals surface area contributed by atoms with E-state index >= 15 is 0 Å². The van der Waals surface area contributed by atoms with E-state index in [9.17, 15) is 4.79 Å². The van der Waals surface area contributed by atoms with Crippen molar-refractivity contribution in [3.05, 3.63) is 54.1 Å². The van der Waals surface area contributed by atoms with Crippen LogP contribution in [0.2, 0.25) is 0 Å². The van der Waals surface area contributed by atoms with E-state index in [1.165, 1.54) is 0 Å². The van der Waals surface area contributed by atoms with E-state index in [1.807, 2.05) is 53.2 Å². The van der Waals surface area contributed by atoms with E-state index in [1.54, 1.807) is 7.11 Å². The highest BCUT2D eigenvalue weighted by Crippen LogP contribution is 2.36. The highest BCUT2D eigenvalue weighted by molar-refractivity contribution is 5.89. The minimum atomic E-state index is -0.270. The number of carbonyl (C=O) groups excluding carboxylic acids is 1. The predicted octanol–water partition coefficient (Wildman–Crippen LogP) is 3.01. The number of rotatable bonds is 6. The van der Waals surface area contributed by atoms with E-state index in [0.717, 1.165) is 35.5 Å². The van der Waals surface area contributed by atoms with Crippen molar-refractivity contribution in [1.82, 2.24) is 25.5 Å². The number of nitrogens with zero attached hydrogens (tertiary/aromatic N) is 4. The van der Waals surface area contributed by atoms with Crippen LogP contribution < -0.4 is 15.4 Å². The molecule has 1 aliphatic rings. The maximum Gasteiger partial charge on any atom is 0.319 e. The Labute approximate surface area is 156 Å². The third-order valence-electron chi connectivity index (χ3n) is 4.37. The van der Waals surface area contributed by atoms with Gasteiger partial charge in [0.2, 0.25) is 0 Å². The summed E-state index contributed by atoms with van der Waals surface area (Å²) in [6, 6.07) is 15.2. The summed E-state index contributed by atoms with van der Waals surface area (Å²) in [7, 11) is 1.62. The molecular weight excluding hydrogens is 344 g/mol. The van der Waals surface area contributed by atoms with Gasteiger partial charge < -0.3 is 15.4 Å². The van der Waals surface area contributed by atoms with E-state index < -0.39 is 0 Å². The number of amides is 2. The lowest BCUT2D eigenvalue weighted by atomic mass is 10.2. The van der Waals surface area contributed by atoms with E-state index in [2.05, 4.69) is 26.2 Å². The van der Waals surface area contributed by atoms with Gasteiger partial charge in [0.25, 0.3) is 0 Å². The lowest BCUT2D eigenvalue weighted by Gasteiger charge is -2.09. The summed E-state index contributed by atoms with van der Waals surface area (Å²) in [5, 5.41) is 17.6. The van der Waals surface area contributed by atoms with Crippen LogP contribution in [0.25, 0.3) is 11.4 Å². The molecule has 2 N–H and O–H groups in total. The zero-order valence-electron chi connectivity index (χ0n) is 14.9. The smallest absolute Gasteiger partial charge is 0.319 e. The molecule has 1 heterocycles. The normalized spacial score (nSPS) is 13.2. The van der Waals surface area contributed by atoms with Crippen molar-refractivity contribution in [2.75, 3.05) is 12.4 Å². The largest absolute Gasteiger partial charge is 0.497 e. The molecule has 1 aromatic heterocycles. The zero-order chi connectivity index (χ0) is 18.6. The molecule has 8 nitrogen and oxygen atoms in total. The quantitative estimate of drug-likeness (QED) is 0.701. The Balaban J connectivity index is 1.35. The van der Waals surface area contributed by atoms with Gasteiger partial charge in [0.15, 0.2) is 5.82 Å². The number of hydrogen-bond acceptors (Lipinski definition) is 5. The molecule has 1 aliphatic carbocycles. The fourth-order valence-corrected chi connectivity index (χ4v) is 2.79. The van der Waals surface area contributed by atoms with Gasteiger partial charge in [0, 0.05) is 17.8 Å². The minimum Gasteiger partial charge on any atom is -0.497 e. The van der Waals surface area contributed by atoms with Crippen molar-refractivity contribution in [1.29, 1.82) is 0 Å². The second-order valence-corrected chi connectivity index (χ2v) is 6.41. The molecule has 2 aromatic carbocycles. The molecule has 1 fully saturated rings. The molecule has 0 radical (unpaired) electrons. The van der Waals surface area contributed by atoms with Crippen molar-refractivity contribution >= 4 is 11.7 Å². The number of tetrazole rings is 1. The highest BCUT2D eigenvalue weighted by atomic mass is 16.5. The predicted molar refractivity (Wildman–Crippen MR) is 100 cm³/mol. The van der Waals surface area contributed by atoms with Gasteiger partial charge in [-0.05, 0) is 65.2 Å². The molecule has 0 spiro atoms. The number of urea groups is 1. The molecule has 138 valence electrons. The lowest BCUT2D eigenvalue weighted by molar-refractivity contribution is 0.251. The van der Waals surface area contributed by atoms with Crippen LogP contribution in [0.15, 0.2) is 48.5 Å². The van der Waals surface area contributed by atoms with Crippen LogP contribution in [0.1, 0.15) is 24.4 Å². The molecule has 4 rings (SSSR count). The van der Waals surface area contributed by atoms with E-state index in [0.29, 0.717) is 18.3 Å². The molecule has 1 saturated carbocycles. The first-order valence-corrected chi connectivity index (χ1v) is 8.79.